The van der Waals surface area contributed by atoms with Crippen molar-refractivity contribution in [2.45, 2.75) is 6.61 Å². The second kappa shape index (κ2) is 6.42. The van der Waals surface area contributed by atoms with Crippen LogP contribution >= 0.6 is 0 Å². The van der Waals surface area contributed by atoms with Crippen LogP contribution in [0.3, 0.4) is 0 Å². The molecule has 6 heteroatoms. The number of hydrogen-bond donors (Lipinski definition) is 0. The van der Waals surface area contributed by atoms with Crippen LogP contribution in [0.5, 0.6) is 5.75 Å². The summed E-state index contributed by atoms with van der Waals surface area (Å²) in [5.41, 5.74) is 3.32. The third-order valence-electron chi connectivity index (χ3n) is 3.66. The standard InChI is InChI=1S/C19H12N4O2/c20-9-14-11-22-7-5-16(14)19-23-17-8-15(3-4-18(17)25-19)24-12-13-2-1-6-21-10-13/h1-8,10-11H,12H2. The Kier molecular flexibility index (Phi) is 3.81. The minimum absolute atomic E-state index is 0.387. The van der Waals surface area contributed by atoms with E-state index in [1.54, 1.807) is 30.7 Å². The topological polar surface area (TPSA) is 84.8 Å². The van der Waals surface area contributed by atoms with E-state index in [0.717, 1.165) is 5.56 Å². The first-order chi connectivity index (χ1) is 12.3. The van der Waals surface area contributed by atoms with Gasteiger partial charge >= 0.3 is 0 Å². The lowest BCUT2D eigenvalue weighted by Crippen LogP contribution is -1.95. The van der Waals surface area contributed by atoms with Gasteiger partial charge in [-0.05, 0) is 24.3 Å². The average molecular weight is 328 g/mol. The van der Waals surface area contributed by atoms with Crippen LogP contribution in [0.4, 0.5) is 0 Å². The summed E-state index contributed by atoms with van der Waals surface area (Å²) in [7, 11) is 0. The number of pyridine rings is 2. The molecule has 4 rings (SSSR count). The molecule has 120 valence electrons. The first-order valence-electron chi connectivity index (χ1n) is 7.60. The summed E-state index contributed by atoms with van der Waals surface area (Å²) in [5.74, 6) is 1.07. The monoisotopic (exact) mass is 328 g/mol. The molecule has 0 unspecified atom stereocenters. The Labute approximate surface area is 143 Å². The maximum atomic E-state index is 9.19. The Hall–Kier alpha value is -3.72. The SMILES string of the molecule is N#Cc1cnccc1-c1nc2cc(OCc3cccnc3)ccc2o1. The van der Waals surface area contributed by atoms with E-state index in [0.29, 0.717) is 40.5 Å². The normalized spacial score (nSPS) is 10.5. The highest BCUT2D eigenvalue weighted by atomic mass is 16.5. The van der Waals surface area contributed by atoms with Crippen LogP contribution in [-0.4, -0.2) is 15.0 Å². The number of aromatic nitrogens is 3. The van der Waals surface area contributed by atoms with Gasteiger partial charge in [0.05, 0.1) is 11.1 Å². The van der Waals surface area contributed by atoms with Gasteiger partial charge in [0, 0.05) is 36.4 Å². The zero-order valence-corrected chi connectivity index (χ0v) is 13.1. The number of ether oxygens (including phenoxy) is 1. The van der Waals surface area contributed by atoms with Crippen LogP contribution in [0.15, 0.2) is 65.6 Å². The number of hydrogen-bond acceptors (Lipinski definition) is 6. The molecule has 0 radical (unpaired) electrons. The van der Waals surface area contributed by atoms with Crippen molar-refractivity contribution in [1.29, 1.82) is 5.26 Å². The fourth-order valence-electron chi connectivity index (χ4n) is 2.43. The Bertz CT molecular complexity index is 1070. The molecule has 0 atom stereocenters. The van der Waals surface area contributed by atoms with Gasteiger partial charge in [-0.25, -0.2) is 4.98 Å². The van der Waals surface area contributed by atoms with Gasteiger partial charge in [-0.3, -0.25) is 9.97 Å². The summed E-state index contributed by atoms with van der Waals surface area (Å²) < 4.78 is 11.5. The highest BCUT2D eigenvalue weighted by Gasteiger charge is 2.13. The van der Waals surface area contributed by atoms with Gasteiger partial charge in [0.2, 0.25) is 5.89 Å². The van der Waals surface area contributed by atoms with Gasteiger partial charge in [-0.1, -0.05) is 6.07 Å². The van der Waals surface area contributed by atoms with Crippen molar-refractivity contribution in [1.82, 2.24) is 15.0 Å². The van der Waals surface area contributed by atoms with E-state index >= 15 is 0 Å². The molecule has 0 N–H and O–H groups in total. The fraction of sp³-hybridized carbons (Fsp3) is 0.0526. The van der Waals surface area contributed by atoms with E-state index in [2.05, 4.69) is 21.0 Å². The molecule has 25 heavy (non-hydrogen) atoms. The van der Waals surface area contributed by atoms with E-state index < -0.39 is 0 Å². The molecule has 0 bridgehead atoms. The summed E-state index contributed by atoms with van der Waals surface area (Å²) >= 11 is 0. The molecule has 0 aliphatic carbocycles. The largest absolute Gasteiger partial charge is 0.489 e. The lowest BCUT2D eigenvalue weighted by molar-refractivity contribution is 0.306. The van der Waals surface area contributed by atoms with E-state index in [4.69, 9.17) is 9.15 Å². The first kappa shape index (κ1) is 14.8. The van der Waals surface area contributed by atoms with Crippen molar-refractivity contribution in [2.75, 3.05) is 0 Å². The average Bonchev–Trinajstić information content (AvgIpc) is 3.10. The third-order valence-corrected chi connectivity index (χ3v) is 3.66. The molecule has 4 aromatic rings. The van der Waals surface area contributed by atoms with E-state index in [9.17, 15) is 5.26 Å². The third kappa shape index (κ3) is 3.03. The molecule has 6 nitrogen and oxygen atoms in total. The van der Waals surface area contributed by atoms with Gasteiger partial charge in [-0.2, -0.15) is 5.26 Å². The van der Waals surface area contributed by atoms with Gasteiger partial charge in [0.15, 0.2) is 5.58 Å². The number of nitriles is 1. The van der Waals surface area contributed by atoms with Crippen LogP contribution < -0.4 is 4.74 Å². The summed E-state index contributed by atoms with van der Waals surface area (Å²) in [6, 6.07) is 13.1. The molecule has 3 aromatic heterocycles. The summed E-state index contributed by atoms with van der Waals surface area (Å²) in [6.45, 7) is 0.424. The van der Waals surface area contributed by atoms with Gasteiger partial charge in [-0.15, -0.1) is 0 Å². The van der Waals surface area contributed by atoms with Crippen LogP contribution in [0, 0.1) is 11.3 Å². The van der Waals surface area contributed by atoms with Crippen molar-refractivity contribution >= 4 is 11.1 Å². The molecule has 1 aromatic carbocycles. The Morgan fingerprint density at radius 3 is 2.84 bits per heavy atom. The lowest BCUT2D eigenvalue weighted by Gasteiger charge is -2.05. The quantitative estimate of drug-likeness (QED) is 0.567. The molecule has 3 heterocycles. The van der Waals surface area contributed by atoms with Gasteiger partial charge < -0.3 is 9.15 Å². The fourth-order valence-corrected chi connectivity index (χ4v) is 2.43. The van der Waals surface area contributed by atoms with Crippen molar-refractivity contribution in [3.8, 4) is 23.3 Å². The van der Waals surface area contributed by atoms with Gasteiger partial charge in [0.1, 0.15) is 23.9 Å². The maximum Gasteiger partial charge on any atom is 0.228 e. The maximum absolute atomic E-state index is 9.19. The minimum Gasteiger partial charge on any atom is -0.489 e. The van der Waals surface area contributed by atoms with E-state index in [1.807, 2.05) is 24.3 Å². The molecule has 0 aliphatic rings. The van der Waals surface area contributed by atoms with Crippen molar-refractivity contribution in [3.05, 3.63) is 72.3 Å². The zero-order chi connectivity index (χ0) is 17.1. The number of benzene rings is 1. The second-order valence-electron chi connectivity index (χ2n) is 5.33. The Morgan fingerprint density at radius 1 is 1.08 bits per heavy atom. The first-order valence-corrected chi connectivity index (χ1v) is 7.60. The molecular formula is C19H12N4O2. The van der Waals surface area contributed by atoms with E-state index in [1.165, 1.54) is 6.20 Å². The minimum atomic E-state index is 0.387. The predicted molar refractivity (Wildman–Crippen MR) is 90.5 cm³/mol. The lowest BCUT2D eigenvalue weighted by atomic mass is 10.1. The highest BCUT2D eigenvalue weighted by molar-refractivity contribution is 5.78. The second-order valence-corrected chi connectivity index (χ2v) is 5.33. The molecule has 0 saturated carbocycles. The summed E-state index contributed by atoms with van der Waals surface area (Å²) in [6.07, 6.45) is 6.58. The van der Waals surface area contributed by atoms with Crippen LogP contribution in [-0.2, 0) is 6.61 Å². The van der Waals surface area contributed by atoms with Crippen molar-refractivity contribution in [2.24, 2.45) is 0 Å². The molecule has 0 spiro atoms. The summed E-state index contributed by atoms with van der Waals surface area (Å²) in [5, 5.41) is 9.19. The van der Waals surface area contributed by atoms with Crippen molar-refractivity contribution < 1.29 is 9.15 Å². The van der Waals surface area contributed by atoms with Crippen molar-refractivity contribution in [3.63, 3.8) is 0 Å². The number of fused-ring (bicyclic) bond motifs is 1. The number of oxazole rings is 1. The Morgan fingerprint density at radius 2 is 2.00 bits per heavy atom. The molecular weight excluding hydrogens is 316 g/mol. The van der Waals surface area contributed by atoms with Gasteiger partial charge in [0.25, 0.3) is 0 Å². The summed E-state index contributed by atoms with van der Waals surface area (Å²) in [4.78, 5) is 12.5. The molecule has 0 aliphatic heterocycles. The number of rotatable bonds is 4. The predicted octanol–water partition coefficient (Wildman–Crippen LogP) is 3.74. The molecule has 0 fully saturated rings. The highest BCUT2D eigenvalue weighted by Crippen LogP contribution is 2.28. The van der Waals surface area contributed by atoms with Crippen LogP contribution in [0.1, 0.15) is 11.1 Å². The van der Waals surface area contributed by atoms with Crippen LogP contribution in [0.2, 0.25) is 0 Å². The smallest absolute Gasteiger partial charge is 0.228 e. The molecule has 0 amide bonds. The Balaban J connectivity index is 1.62. The zero-order valence-electron chi connectivity index (χ0n) is 13.1. The number of nitrogens with zero attached hydrogens (tertiary/aromatic N) is 4. The van der Waals surface area contributed by atoms with Crippen LogP contribution in [0.25, 0.3) is 22.6 Å². The molecule has 0 saturated heterocycles. The van der Waals surface area contributed by atoms with E-state index in [-0.39, 0.29) is 0 Å².